The second kappa shape index (κ2) is 8.11. The summed E-state index contributed by atoms with van der Waals surface area (Å²) in [6.45, 7) is 6.81. The summed E-state index contributed by atoms with van der Waals surface area (Å²) in [4.78, 5) is 4.65. The van der Waals surface area contributed by atoms with Gasteiger partial charge >= 0.3 is 0 Å². The standard InChI is InChI=1S/C20H22N4S/c1-16-3-2-4-19(13-16)22-20(25)24-11-9-23(10-12-24)15-18-7-5-17(14-21)6-8-18/h2-8,13H,9-12,15H2,1H3,(H,22,25). The van der Waals surface area contributed by atoms with Gasteiger partial charge in [0, 0.05) is 38.4 Å². The molecule has 0 unspecified atom stereocenters. The van der Waals surface area contributed by atoms with Crippen LogP contribution in [0.1, 0.15) is 16.7 Å². The highest BCUT2D eigenvalue weighted by atomic mass is 32.1. The SMILES string of the molecule is Cc1cccc(NC(=S)N2CCN(Cc3ccc(C#N)cc3)CC2)c1. The number of thiocarbonyl (C=S) groups is 1. The van der Waals surface area contributed by atoms with E-state index in [1.807, 2.05) is 36.4 Å². The lowest BCUT2D eigenvalue weighted by Gasteiger charge is -2.36. The number of hydrogen-bond donors (Lipinski definition) is 1. The van der Waals surface area contributed by atoms with Gasteiger partial charge in [-0.05, 0) is 54.5 Å². The molecule has 0 aliphatic carbocycles. The summed E-state index contributed by atoms with van der Waals surface area (Å²) in [5.74, 6) is 0. The number of anilines is 1. The molecule has 0 spiro atoms. The normalized spacial score (nSPS) is 14.8. The second-order valence-electron chi connectivity index (χ2n) is 6.37. The van der Waals surface area contributed by atoms with Crippen LogP contribution in [0, 0.1) is 18.3 Å². The fourth-order valence-electron chi connectivity index (χ4n) is 2.98. The Hall–Kier alpha value is -2.42. The van der Waals surface area contributed by atoms with Crippen LogP contribution in [0.2, 0.25) is 0 Å². The molecule has 2 aromatic rings. The zero-order valence-corrected chi connectivity index (χ0v) is 15.2. The molecule has 0 bridgehead atoms. The molecular weight excluding hydrogens is 328 g/mol. The maximum Gasteiger partial charge on any atom is 0.173 e. The summed E-state index contributed by atoms with van der Waals surface area (Å²) in [5, 5.41) is 13.0. The van der Waals surface area contributed by atoms with Gasteiger partial charge in [-0.1, -0.05) is 24.3 Å². The highest BCUT2D eigenvalue weighted by Gasteiger charge is 2.19. The molecule has 0 atom stereocenters. The quantitative estimate of drug-likeness (QED) is 0.860. The van der Waals surface area contributed by atoms with Gasteiger partial charge < -0.3 is 10.2 Å². The van der Waals surface area contributed by atoms with Crippen LogP contribution in [-0.4, -0.2) is 41.1 Å². The third kappa shape index (κ3) is 4.79. The van der Waals surface area contributed by atoms with Gasteiger partial charge in [-0.3, -0.25) is 4.90 Å². The van der Waals surface area contributed by atoms with Crippen molar-refractivity contribution in [3.05, 3.63) is 65.2 Å². The Morgan fingerprint density at radius 2 is 1.84 bits per heavy atom. The highest BCUT2D eigenvalue weighted by Crippen LogP contribution is 2.13. The second-order valence-corrected chi connectivity index (χ2v) is 6.76. The summed E-state index contributed by atoms with van der Waals surface area (Å²) >= 11 is 5.56. The Labute approximate surface area is 154 Å². The minimum Gasteiger partial charge on any atom is -0.346 e. The van der Waals surface area contributed by atoms with Crippen LogP contribution in [-0.2, 0) is 6.54 Å². The Bertz CT molecular complexity index is 771. The van der Waals surface area contributed by atoms with Gasteiger partial charge in [-0.25, -0.2) is 0 Å². The van der Waals surface area contributed by atoms with Crippen molar-refractivity contribution in [1.82, 2.24) is 9.80 Å². The molecule has 1 aliphatic rings. The van der Waals surface area contributed by atoms with E-state index in [-0.39, 0.29) is 0 Å². The molecule has 3 rings (SSSR count). The van der Waals surface area contributed by atoms with Crippen molar-refractivity contribution in [3.63, 3.8) is 0 Å². The largest absolute Gasteiger partial charge is 0.346 e. The van der Waals surface area contributed by atoms with E-state index in [9.17, 15) is 0 Å². The lowest BCUT2D eigenvalue weighted by atomic mass is 10.1. The van der Waals surface area contributed by atoms with E-state index in [2.05, 4.69) is 40.2 Å². The van der Waals surface area contributed by atoms with Gasteiger partial charge in [0.1, 0.15) is 0 Å². The minimum absolute atomic E-state index is 0.709. The van der Waals surface area contributed by atoms with E-state index in [0.717, 1.165) is 43.5 Å². The molecule has 0 radical (unpaired) electrons. The van der Waals surface area contributed by atoms with Crippen LogP contribution < -0.4 is 5.32 Å². The monoisotopic (exact) mass is 350 g/mol. The molecule has 0 saturated carbocycles. The minimum atomic E-state index is 0.709. The molecule has 1 saturated heterocycles. The van der Waals surface area contributed by atoms with Crippen LogP contribution in [0.25, 0.3) is 0 Å². The number of piperazine rings is 1. The summed E-state index contributed by atoms with van der Waals surface area (Å²) in [5.41, 5.74) is 4.22. The maximum absolute atomic E-state index is 8.87. The molecule has 1 fully saturated rings. The molecule has 0 aromatic heterocycles. The van der Waals surface area contributed by atoms with Crippen molar-refractivity contribution in [3.8, 4) is 6.07 Å². The van der Waals surface area contributed by atoms with Crippen molar-refractivity contribution < 1.29 is 0 Å². The van der Waals surface area contributed by atoms with E-state index in [1.54, 1.807) is 0 Å². The number of rotatable bonds is 3. The highest BCUT2D eigenvalue weighted by molar-refractivity contribution is 7.80. The van der Waals surface area contributed by atoms with Gasteiger partial charge in [-0.2, -0.15) is 5.26 Å². The number of aryl methyl sites for hydroxylation is 1. The van der Waals surface area contributed by atoms with E-state index >= 15 is 0 Å². The first kappa shape index (κ1) is 17.4. The van der Waals surface area contributed by atoms with Crippen LogP contribution in [0.4, 0.5) is 5.69 Å². The van der Waals surface area contributed by atoms with Gasteiger partial charge in [-0.15, -0.1) is 0 Å². The van der Waals surface area contributed by atoms with E-state index < -0.39 is 0 Å². The summed E-state index contributed by atoms with van der Waals surface area (Å²) in [6, 6.07) is 18.3. The summed E-state index contributed by atoms with van der Waals surface area (Å²) in [6.07, 6.45) is 0. The fraction of sp³-hybridized carbons (Fsp3) is 0.300. The lowest BCUT2D eigenvalue weighted by molar-refractivity contribution is 0.177. The molecule has 1 aliphatic heterocycles. The first-order valence-corrected chi connectivity index (χ1v) is 8.89. The number of nitrogens with zero attached hydrogens (tertiary/aromatic N) is 3. The molecular formula is C20H22N4S. The third-order valence-corrected chi connectivity index (χ3v) is 4.78. The molecule has 25 heavy (non-hydrogen) atoms. The molecule has 5 heteroatoms. The van der Waals surface area contributed by atoms with Crippen LogP contribution >= 0.6 is 12.2 Å². The van der Waals surface area contributed by atoms with Crippen molar-refractivity contribution in [2.75, 3.05) is 31.5 Å². The first-order chi connectivity index (χ1) is 12.1. The average molecular weight is 350 g/mol. The molecule has 4 nitrogen and oxygen atoms in total. The van der Waals surface area contributed by atoms with Gasteiger partial charge in [0.15, 0.2) is 5.11 Å². The number of hydrogen-bond acceptors (Lipinski definition) is 3. The van der Waals surface area contributed by atoms with Gasteiger partial charge in [0.05, 0.1) is 11.6 Å². The number of benzene rings is 2. The molecule has 0 amide bonds. The Morgan fingerprint density at radius 1 is 1.12 bits per heavy atom. The summed E-state index contributed by atoms with van der Waals surface area (Å²) < 4.78 is 0. The lowest BCUT2D eigenvalue weighted by Crippen LogP contribution is -2.49. The Morgan fingerprint density at radius 3 is 2.48 bits per heavy atom. The fourth-order valence-corrected chi connectivity index (χ4v) is 3.28. The smallest absolute Gasteiger partial charge is 0.173 e. The number of nitrogens with one attached hydrogen (secondary N) is 1. The van der Waals surface area contributed by atoms with Crippen molar-refractivity contribution in [2.45, 2.75) is 13.5 Å². The predicted octanol–water partition coefficient (Wildman–Crippen LogP) is 3.38. The third-order valence-electron chi connectivity index (χ3n) is 4.42. The zero-order valence-electron chi connectivity index (χ0n) is 14.4. The first-order valence-electron chi connectivity index (χ1n) is 8.48. The van der Waals surface area contributed by atoms with E-state index in [4.69, 9.17) is 17.5 Å². The predicted molar refractivity (Wildman–Crippen MR) is 105 cm³/mol. The Kier molecular flexibility index (Phi) is 5.64. The van der Waals surface area contributed by atoms with Gasteiger partial charge in [0.2, 0.25) is 0 Å². The van der Waals surface area contributed by atoms with Crippen LogP contribution in [0.3, 0.4) is 0 Å². The molecule has 1 heterocycles. The van der Waals surface area contributed by atoms with Gasteiger partial charge in [0.25, 0.3) is 0 Å². The van der Waals surface area contributed by atoms with Crippen LogP contribution in [0.15, 0.2) is 48.5 Å². The zero-order chi connectivity index (χ0) is 17.6. The summed E-state index contributed by atoms with van der Waals surface area (Å²) in [7, 11) is 0. The molecule has 128 valence electrons. The number of nitriles is 1. The van der Waals surface area contributed by atoms with Crippen molar-refractivity contribution >= 4 is 23.0 Å². The maximum atomic E-state index is 8.87. The van der Waals surface area contributed by atoms with Crippen LogP contribution in [0.5, 0.6) is 0 Å². The van der Waals surface area contributed by atoms with Crippen molar-refractivity contribution in [1.29, 1.82) is 5.26 Å². The van der Waals surface area contributed by atoms with E-state index in [0.29, 0.717) is 5.56 Å². The molecule has 1 N–H and O–H groups in total. The van der Waals surface area contributed by atoms with Crippen molar-refractivity contribution in [2.24, 2.45) is 0 Å². The van der Waals surface area contributed by atoms with E-state index in [1.165, 1.54) is 11.1 Å². The topological polar surface area (TPSA) is 42.3 Å². The average Bonchev–Trinajstić information content (AvgIpc) is 2.63. The Balaban J connectivity index is 1.49. The molecule has 2 aromatic carbocycles.